The molecule has 4 rings (SSSR count). The van der Waals surface area contributed by atoms with Gasteiger partial charge in [0.05, 0.1) is 36.9 Å². The molecule has 0 aromatic heterocycles. The molecule has 0 saturated heterocycles. The van der Waals surface area contributed by atoms with Crippen LogP contribution in [0.1, 0.15) is 37.0 Å². The molecule has 0 saturated carbocycles. The van der Waals surface area contributed by atoms with Crippen molar-refractivity contribution in [3.8, 4) is 5.75 Å². The first-order valence-corrected chi connectivity index (χ1v) is 13.9. The summed E-state index contributed by atoms with van der Waals surface area (Å²) in [5, 5.41) is 17.1. The summed E-state index contributed by atoms with van der Waals surface area (Å²) in [6, 6.07) is 16.7. The van der Waals surface area contributed by atoms with Crippen molar-refractivity contribution in [2.24, 2.45) is 5.92 Å². The summed E-state index contributed by atoms with van der Waals surface area (Å²) in [5.74, 6) is -1.38. The van der Waals surface area contributed by atoms with E-state index in [4.69, 9.17) is 4.74 Å². The zero-order chi connectivity index (χ0) is 31.3. The molecule has 4 amide bonds. The minimum Gasteiger partial charge on any atom is -0.487 e. The van der Waals surface area contributed by atoms with Gasteiger partial charge in [0, 0.05) is 37.0 Å². The van der Waals surface area contributed by atoms with Gasteiger partial charge in [0.25, 0.3) is 5.91 Å². The van der Waals surface area contributed by atoms with Gasteiger partial charge in [-0.1, -0.05) is 43.3 Å². The van der Waals surface area contributed by atoms with Crippen molar-refractivity contribution in [1.82, 2.24) is 9.80 Å². The Bertz CT molecular complexity index is 1480. The van der Waals surface area contributed by atoms with Gasteiger partial charge in [-0.2, -0.15) is 13.2 Å². The zero-order valence-corrected chi connectivity index (χ0v) is 24.1. The van der Waals surface area contributed by atoms with Crippen LogP contribution in [0.4, 0.5) is 29.3 Å². The molecular formula is C31H35F3N4O5. The number of anilines is 2. The Kier molecular flexibility index (Phi) is 9.80. The van der Waals surface area contributed by atoms with Crippen LogP contribution in [0.25, 0.3) is 10.8 Å². The molecule has 0 aliphatic carbocycles. The fraction of sp³-hybridized carbons (Fsp3) is 0.387. The van der Waals surface area contributed by atoms with Crippen LogP contribution in [0, 0.1) is 5.92 Å². The Balaban J connectivity index is 1.55. The van der Waals surface area contributed by atoms with Crippen molar-refractivity contribution in [3.05, 3.63) is 66.2 Å². The molecule has 1 aliphatic rings. The highest BCUT2D eigenvalue weighted by Gasteiger charge is 2.34. The SMILES string of the molecule is C[C@@H]1CN([C@@H](C)CO)C(=O)c2cc(NC(=O)CCC(F)(F)F)ccc2O[C@@H]1CN(C)C(=O)Nc1cccc2ccccc12. The molecule has 0 bridgehead atoms. The van der Waals surface area contributed by atoms with E-state index in [9.17, 15) is 32.7 Å². The Morgan fingerprint density at radius 1 is 1.12 bits per heavy atom. The van der Waals surface area contributed by atoms with E-state index in [0.29, 0.717) is 5.69 Å². The number of nitrogens with zero attached hydrogens (tertiary/aromatic N) is 2. The zero-order valence-electron chi connectivity index (χ0n) is 24.1. The second-order valence-electron chi connectivity index (χ2n) is 10.8. The van der Waals surface area contributed by atoms with E-state index in [-0.39, 0.29) is 48.6 Å². The molecular weight excluding hydrogens is 565 g/mol. The number of carbonyl (C=O) groups excluding carboxylic acids is 3. The average Bonchev–Trinajstić information content (AvgIpc) is 2.97. The molecule has 1 heterocycles. The number of aliphatic hydroxyl groups is 1. The smallest absolute Gasteiger partial charge is 0.389 e. The van der Waals surface area contributed by atoms with Gasteiger partial charge in [0.1, 0.15) is 11.9 Å². The minimum atomic E-state index is -4.47. The summed E-state index contributed by atoms with van der Waals surface area (Å²) in [6.07, 6.45) is -7.07. The molecule has 43 heavy (non-hydrogen) atoms. The number of likely N-dealkylation sites (N-methyl/N-ethyl adjacent to an activating group) is 1. The lowest BCUT2D eigenvalue weighted by molar-refractivity contribution is -0.142. The fourth-order valence-electron chi connectivity index (χ4n) is 4.89. The van der Waals surface area contributed by atoms with Crippen molar-refractivity contribution in [3.63, 3.8) is 0 Å². The second-order valence-corrected chi connectivity index (χ2v) is 10.8. The summed E-state index contributed by atoms with van der Waals surface area (Å²) in [4.78, 5) is 41.9. The van der Waals surface area contributed by atoms with E-state index in [1.165, 1.54) is 28.0 Å². The molecule has 3 N–H and O–H groups in total. The average molecular weight is 601 g/mol. The summed E-state index contributed by atoms with van der Waals surface area (Å²) < 4.78 is 43.9. The lowest BCUT2D eigenvalue weighted by atomic mass is 9.99. The maximum Gasteiger partial charge on any atom is 0.389 e. The molecule has 1 aliphatic heterocycles. The molecule has 0 unspecified atom stereocenters. The van der Waals surface area contributed by atoms with E-state index in [2.05, 4.69) is 10.6 Å². The number of amides is 4. The van der Waals surface area contributed by atoms with Crippen LogP contribution in [0.5, 0.6) is 5.75 Å². The first-order valence-electron chi connectivity index (χ1n) is 13.9. The second kappa shape index (κ2) is 13.3. The number of aliphatic hydroxyl groups excluding tert-OH is 1. The van der Waals surface area contributed by atoms with Crippen molar-refractivity contribution in [1.29, 1.82) is 0 Å². The van der Waals surface area contributed by atoms with Crippen molar-refractivity contribution < 1.29 is 37.4 Å². The van der Waals surface area contributed by atoms with Crippen molar-refractivity contribution >= 4 is 40.0 Å². The van der Waals surface area contributed by atoms with Gasteiger partial charge in [-0.05, 0) is 36.6 Å². The number of halogens is 3. The third-order valence-corrected chi connectivity index (χ3v) is 7.42. The predicted octanol–water partition coefficient (Wildman–Crippen LogP) is 5.50. The summed E-state index contributed by atoms with van der Waals surface area (Å²) in [7, 11) is 1.63. The number of rotatable bonds is 8. The Hall–Kier alpha value is -4.32. The van der Waals surface area contributed by atoms with Gasteiger partial charge in [-0.15, -0.1) is 0 Å². The summed E-state index contributed by atoms with van der Waals surface area (Å²) in [5.41, 5.74) is 0.871. The largest absolute Gasteiger partial charge is 0.487 e. The highest BCUT2D eigenvalue weighted by molar-refractivity contribution is 6.02. The van der Waals surface area contributed by atoms with E-state index in [0.717, 1.165) is 10.8 Å². The van der Waals surface area contributed by atoms with Gasteiger partial charge >= 0.3 is 12.2 Å². The highest BCUT2D eigenvalue weighted by Crippen LogP contribution is 2.31. The third kappa shape index (κ3) is 7.95. The maximum atomic E-state index is 13.6. The van der Waals surface area contributed by atoms with Gasteiger partial charge < -0.3 is 30.3 Å². The highest BCUT2D eigenvalue weighted by atomic mass is 19.4. The number of hydrogen-bond donors (Lipinski definition) is 3. The van der Waals surface area contributed by atoms with Crippen LogP contribution in [0.15, 0.2) is 60.7 Å². The number of carbonyl (C=O) groups is 3. The van der Waals surface area contributed by atoms with Crippen LogP contribution < -0.4 is 15.4 Å². The minimum absolute atomic E-state index is 0.0775. The normalized spacial score (nSPS) is 17.7. The van der Waals surface area contributed by atoms with Crippen LogP contribution in [0.2, 0.25) is 0 Å². The van der Waals surface area contributed by atoms with Gasteiger partial charge in [0.2, 0.25) is 5.91 Å². The molecule has 0 fully saturated rings. The molecule has 3 atom stereocenters. The monoisotopic (exact) mass is 600 g/mol. The molecule has 3 aromatic rings. The number of alkyl halides is 3. The van der Waals surface area contributed by atoms with Crippen molar-refractivity contribution in [2.75, 3.05) is 37.4 Å². The van der Waals surface area contributed by atoms with Gasteiger partial charge in [-0.25, -0.2) is 4.79 Å². The van der Waals surface area contributed by atoms with Crippen LogP contribution in [0.3, 0.4) is 0 Å². The van der Waals surface area contributed by atoms with Gasteiger partial charge in [0.15, 0.2) is 0 Å². The maximum absolute atomic E-state index is 13.6. The van der Waals surface area contributed by atoms with E-state index >= 15 is 0 Å². The molecule has 12 heteroatoms. The topological polar surface area (TPSA) is 111 Å². The Labute approximate surface area is 247 Å². The van der Waals surface area contributed by atoms with Crippen LogP contribution in [-0.2, 0) is 4.79 Å². The van der Waals surface area contributed by atoms with Crippen LogP contribution >= 0.6 is 0 Å². The number of nitrogens with one attached hydrogen (secondary N) is 2. The van der Waals surface area contributed by atoms with Crippen LogP contribution in [-0.4, -0.2) is 77.8 Å². The van der Waals surface area contributed by atoms with E-state index in [1.807, 2.05) is 49.4 Å². The summed E-state index contributed by atoms with van der Waals surface area (Å²) >= 11 is 0. The number of ether oxygens (including phenoxy) is 1. The fourth-order valence-corrected chi connectivity index (χ4v) is 4.89. The first kappa shape index (κ1) is 31.6. The lowest BCUT2D eigenvalue weighted by Crippen LogP contribution is -2.50. The molecule has 230 valence electrons. The Morgan fingerprint density at radius 2 is 1.84 bits per heavy atom. The first-order chi connectivity index (χ1) is 20.4. The summed E-state index contributed by atoms with van der Waals surface area (Å²) in [6.45, 7) is 3.62. The number of benzene rings is 3. The number of urea groups is 1. The van der Waals surface area contributed by atoms with Crippen molar-refractivity contribution in [2.45, 2.75) is 45.0 Å². The molecule has 0 spiro atoms. The predicted molar refractivity (Wildman–Crippen MR) is 157 cm³/mol. The standard InChI is InChI=1S/C31H35F3N4O5/c1-19-16-38(20(2)18-39)29(41)24-15-22(35-28(40)13-14-31(32,33)34)11-12-26(24)43-27(19)17-37(3)30(42)36-25-10-6-8-21-7-4-5-9-23(21)25/h4-12,15,19-20,27,39H,13-14,16-18H2,1-3H3,(H,35,40)(H,36,42)/t19-,20+,27-/m1/s1. The Morgan fingerprint density at radius 3 is 2.56 bits per heavy atom. The van der Waals surface area contributed by atoms with E-state index in [1.54, 1.807) is 14.0 Å². The quantitative estimate of drug-likeness (QED) is 0.316. The molecule has 3 aromatic carbocycles. The van der Waals surface area contributed by atoms with Gasteiger partial charge in [-0.3, -0.25) is 9.59 Å². The lowest BCUT2D eigenvalue weighted by Gasteiger charge is -2.38. The molecule has 0 radical (unpaired) electrons. The van der Waals surface area contributed by atoms with E-state index < -0.39 is 43.0 Å². The number of hydrogen-bond acceptors (Lipinski definition) is 5. The molecule has 9 nitrogen and oxygen atoms in total. The number of fused-ring (bicyclic) bond motifs is 2. The third-order valence-electron chi connectivity index (χ3n) is 7.42.